The Morgan fingerprint density at radius 2 is 1.83 bits per heavy atom. The number of rotatable bonds is 2. The Balaban J connectivity index is 4.48. The first-order valence-corrected chi connectivity index (χ1v) is 3.27. The molecular formula is C7H9F3O2. The highest BCUT2D eigenvalue weighted by Crippen LogP contribution is 2.23. The van der Waals surface area contributed by atoms with E-state index in [0.29, 0.717) is 0 Å². The van der Waals surface area contributed by atoms with E-state index in [2.05, 4.69) is 0 Å². The van der Waals surface area contributed by atoms with Gasteiger partial charge in [-0.2, -0.15) is 13.2 Å². The first-order valence-electron chi connectivity index (χ1n) is 3.27. The van der Waals surface area contributed by atoms with Crippen molar-refractivity contribution >= 4 is 5.78 Å². The SMILES string of the molecule is CC(C)C(=O)/C=C(\O)C(F)(F)F. The van der Waals surface area contributed by atoms with E-state index in [-0.39, 0.29) is 6.08 Å². The summed E-state index contributed by atoms with van der Waals surface area (Å²) >= 11 is 0. The third-order valence-electron chi connectivity index (χ3n) is 1.14. The highest BCUT2D eigenvalue weighted by Gasteiger charge is 2.34. The summed E-state index contributed by atoms with van der Waals surface area (Å²) in [7, 11) is 0. The standard InChI is InChI=1S/C7H9F3O2/c1-4(2)5(11)3-6(12)7(8,9)10/h3-4,12H,1-2H3/b6-3-. The summed E-state index contributed by atoms with van der Waals surface area (Å²) in [5, 5.41) is 8.32. The van der Waals surface area contributed by atoms with Crippen LogP contribution in [0.25, 0.3) is 0 Å². The largest absolute Gasteiger partial charge is 0.504 e. The lowest BCUT2D eigenvalue weighted by Gasteiger charge is -2.04. The molecule has 2 nitrogen and oxygen atoms in total. The summed E-state index contributed by atoms with van der Waals surface area (Å²) in [6.07, 6.45) is -4.63. The van der Waals surface area contributed by atoms with Gasteiger partial charge < -0.3 is 5.11 Å². The zero-order valence-electron chi connectivity index (χ0n) is 6.64. The van der Waals surface area contributed by atoms with E-state index in [1.165, 1.54) is 13.8 Å². The van der Waals surface area contributed by atoms with E-state index in [0.717, 1.165) is 0 Å². The summed E-state index contributed by atoms with van der Waals surface area (Å²) in [5.41, 5.74) is 0. The van der Waals surface area contributed by atoms with Crippen LogP contribution in [0.15, 0.2) is 11.8 Å². The van der Waals surface area contributed by atoms with E-state index >= 15 is 0 Å². The van der Waals surface area contributed by atoms with Crippen LogP contribution >= 0.6 is 0 Å². The molecule has 0 rings (SSSR count). The highest BCUT2D eigenvalue weighted by atomic mass is 19.4. The van der Waals surface area contributed by atoms with Crippen molar-refractivity contribution in [3.05, 3.63) is 11.8 Å². The Labute approximate surface area is 67.7 Å². The molecular weight excluding hydrogens is 173 g/mol. The molecule has 0 aromatic heterocycles. The second-order valence-corrected chi connectivity index (χ2v) is 2.58. The lowest BCUT2D eigenvalue weighted by Crippen LogP contribution is -2.14. The van der Waals surface area contributed by atoms with Gasteiger partial charge in [-0.25, -0.2) is 0 Å². The predicted molar refractivity (Wildman–Crippen MR) is 36.6 cm³/mol. The number of allylic oxidation sites excluding steroid dienone is 2. The highest BCUT2D eigenvalue weighted by molar-refractivity contribution is 5.91. The normalized spacial score (nSPS) is 13.7. The molecule has 0 spiro atoms. The number of ketones is 1. The van der Waals surface area contributed by atoms with Gasteiger partial charge in [-0.3, -0.25) is 4.79 Å². The van der Waals surface area contributed by atoms with Crippen LogP contribution in [0.5, 0.6) is 0 Å². The van der Waals surface area contributed by atoms with Crippen molar-refractivity contribution < 1.29 is 23.1 Å². The maximum Gasteiger partial charge on any atom is 0.448 e. The molecule has 0 atom stereocenters. The second-order valence-electron chi connectivity index (χ2n) is 2.58. The molecule has 0 unspecified atom stereocenters. The van der Waals surface area contributed by atoms with E-state index in [4.69, 9.17) is 5.11 Å². The molecule has 0 fully saturated rings. The first kappa shape index (κ1) is 11.0. The van der Waals surface area contributed by atoms with Gasteiger partial charge >= 0.3 is 6.18 Å². The third-order valence-corrected chi connectivity index (χ3v) is 1.14. The van der Waals surface area contributed by atoms with Crippen molar-refractivity contribution in [2.24, 2.45) is 5.92 Å². The lowest BCUT2D eigenvalue weighted by atomic mass is 10.1. The van der Waals surface area contributed by atoms with Crippen molar-refractivity contribution in [3.8, 4) is 0 Å². The summed E-state index contributed by atoms with van der Waals surface area (Å²) in [5.74, 6) is -3.14. The molecule has 70 valence electrons. The maximum absolute atomic E-state index is 11.6. The van der Waals surface area contributed by atoms with Crippen molar-refractivity contribution in [1.82, 2.24) is 0 Å². The van der Waals surface area contributed by atoms with Gasteiger partial charge in [0.05, 0.1) is 0 Å². The van der Waals surface area contributed by atoms with Crippen LogP contribution in [0.4, 0.5) is 13.2 Å². The summed E-state index contributed by atoms with van der Waals surface area (Å²) in [6, 6.07) is 0. The number of aliphatic hydroxyl groups is 1. The molecule has 0 saturated heterocycles. The monoisotopic (exact) mass is 182 g/mol. The number of carbonyl (C=O) groups is 1. The van der Waals surface area contributed by atoms with Gasteiger partial charge in [0.2, 0.25) is 5.76 Å². The molecule has 0 aliphatic rings. The van der Waals surface area contributed by atoms with Crippen LogP contribution in [0.1, 0.15) is 13.8 Å². The molecule has 5 heteroatoms. The van der Waals surface area contributed by atoms with Crippen molar-refractivity contribution in [3.63, 3.8) is 0 Å². The van der Waals surface area contributed by atoms with E-state index in [1.54, 1.807) is 0 Å². The molecule has 0 aliphatic heterocycles. The fourth-order valence-corrected chi connectivity index (χ4v) is 0.383. The van der Waals surface area contributed by atoms with Crippen LogP contribution in [0.2, 0.25) is 0 Å². The maximum atomic E-state index is 11.6. The average Bonchev–Trinajstić information content (AvgIpc) is 1.85. The molecule has 0 bridgehead atoms. The molecule has 0 heterocycles. The quantitative estimate of drug-likeness (QED) is 0.525. The number of alkyl halides is 3. The fourth-order valence-electron chi connectivity index (χ4n) is 0.383. The van der Waals surface area contributed by atoms with Gasteiger partial charge in [-0.15, -0.1) is 0 Å². The van der Waals surface area contributed by atoms with Crippen molar-refractivity contribution in [1.29, 1.82) is 0 Å². The van der Waals surface area contributed by atoms with E-state index in [9.17, 15) is 18.0 Å². The lowest BCUT2D eigenvalue weighted by molar-refractivity contribution is -0.126. The Hall–Kier alpha value is -1.00. The van der Waals surface area contributed by atoms with Gasteiger partial charge in [0.25, 0.3) is 0 Å². The molecule has 0 aromatic rings. The smallest absolute Gasteiger partial charge is 0.448 e. The number of hydrogen-bond acceptors (Lipinski definition) is 2. The number of hydrogen-bond donors (Lipinski definition) is 1. The molecule has 0 aliphatic carbocycles. The van der Waals surface area contributed by atoms with Crippen LogP contribution < -0.4 is 0 Å². The first-order chi connectivity index (χ1) is 5.25. The third kappa shape index (κ3) is 3.41. The number of halogens is 3. The molecule has 0 amide bonds. The predicted octanol–water partition coefficient (Wildman–Crippen LogP) is 2.22. The van der Waals surface area contributed by atoms with Crippen LogP contribution in [-0.2, 0) is 4.79 Å². The minimum absolute atomic E-state index is 0.199. The topological polar surface area (TPSA) is 37.3 Å². The minimum atomic E-state index is -4.83. The Kier molecular flexibility index (Phi) is 3.30. The summed E-state index contributed by atoms with van der Waals surface area (Å²) in [4.78, 5) is 10.7. The van der Waals surface area contributed by atoms with Gasteiger partial charge in [-0.1, -0.05) is 13.8 Å². The van der Waals surface area contributed by atoms with Crippen LogP contribution in [-0.4, -0.2) is 17.1 Å². The van der Waals surface area contributed by atoms with Crippen LogP contribution in [0.3, 0.4) is 0 Å². The van der Waals surface area contributed by atoms with Gasteiger partial charge in [-0.05, 0) is 0 Å². The van der Waals surface area contributed by atoms with E-state index in [1.807, 2.05) is 0 Å². The van der Waals surface area contributed by atoms with Gasteiger partial charge in [0, 0.05) is 12.0 Å². The van der Waals surface area contributed by atoms with Crippen molar-refractivity contribution in [2.45, 2.75) is 20.0 Å². The average molecular weight is 182 g/mol. The van der Waals surface area contributed by atoms with Crippen LogP contribution in [0, 0.1) is 5.92 Å². The number of aliphatic hydroxyl groups excluding tert-OH is 1. The minimum Gasteiger partial charge on any atom is -0.504 e. The summed E-state index contributed by atoms with van der Waals surface area (Å²) in [6.45, 7) is 2.89. The molecule has 0 radical (unpaired) electrons. The summed E-state index contributed by atoms with van der Waals surface area (Å²) < 4.78 is 34.8. The Morgan fingerprint density at radius 1 is 1.42 bits per heavy atom. The Morgan fingerprint density at radius 3 is 2.08 bits per heavy atom. The second kappa shape index (κ2) is 3.60. The molecule has 0 aromatic carbocycles. The molecule has 12 heavy (non-hydrogen) atoms. The molecule has 1 N–H and O–H groups in total. The van der Waals surface area contributed by atoms with Gasteiger partial charge in [0.15, 0.2) is 5.78 Å². The van der Waals surface area contributed by atoms with Crippen molar-refractivity contribution in [2.75, 3.05) is 0 Å². The Bertz CT molecular complexity index is 203. The van der Waals surface area contributed by atoms with E-state index < -0.39 is 23.6 Å². The number of carbonyl (C=O) groups excluding carboxylic acids is 1. The molecule has 0 saturated carbocycles. The fraction of sp³-hybridized carbons (Fsp3) is 0.571. The zero-order chi connectivity index (χ0) is 9.94. The van der Waals surface area contributed by atoms with Gasteiger partial charge in [0.1, 0.15) is 0 Å². The zero-order valence-corrected chi connectivity index (χ0v) is 6.64.